The highest BCUT2D eigenvalue weighted by atomic mass is 127. The van der Waals surface area contributed by atoms with Crippen molar-refractivity contribution < 1.29 is 0 Å². The van der Waals surface area contributed by atoms with Gasteiger partial charge >= 0.3 is 0 Å². The lowest BCUT2D eigenvalue weighted by Gasteiger charge is -2.08. The Morgan fingerprint density at radius 2 is 2.12 bits per heavy atom. The van der Waals surface area contributed by atoms with Gasteiger partial charge in [-0.2, -0.15) is 0 Å². The van der Waals surface area contributed by atoms with Crippen molar-refractivity contribution in [1.82, 2.24) is 5.32 Å². The number of hydrogen-bond donors (Lipinski definition) is 1. The lowest BCUT2D eigenvalue weighted by atomic mass is 10.1. The molecule has 0 aliphatic carbocycles. The third kappa shape index (κ3) is 1.16. The van der Waals surface area contributed by atoms with Crippen LogP contribution in [0.1, 0.15) is 13.8 Å². The van der Waals surface area contributed by atoms with Crippen LogP contribution in [0.2, 0.25) is 0 Å². The van der Waals surface area contributed by atoms with Crippen LogP contribution in [0, 0.1) is 5.92 Å². The first-order chi connectivity index (χ1) is 3.72. The average molecular weight is 225 g/mol. The van der Waals surface area contributed by atoms with Crippen molar-refractivity contribution in [3.05, 3.63) is 0 Å². The molecular weight excluding hydrogens is 213 g/mol. The van der Waals surface area contributed by atoms with E-state index in [0.717, 1.165) is 15.9 Å². The number of halogens is 1. The molecule has 0 saturated carbocycles. The van der Waals surface area contributed by atoms with E-state index in [1.54, 1.807) is 0 Å². The molecule has 2 heteroatoms. The summed E-state index contributed by atoms with van der Waals surface area (Å²) in [6, 6.07) is 0.727. The van der Waals surface area contributed by atoms with Crippen LogP contribution in [0.3, 0.4) is 0 Å². The van der Waals surface area contributed by atoms with Crippen molar-refractivity contribution in [2.45, 2.75) is 23.8 Å². The van der Waals surface area contributed by atoms with E-state index in [9.17, 15) is 0 Å². The SMILES string of the molecule is C[C@H]1CN[C@H](C)[C@H]1I. The number of rotatable bonds is 0. The van der Waals surface area contributed by atoms with Crippen molar-refractivity contribution in [2.24, 2.45) is 5.92 Å². The number of alkyl halides is 1. The fourth-order valence-corrected chi connectivity index (χ4v) is 1.60. The fraction of sp³-hybridized carbons (Fsp3) is 1.00. The Balaban J connectivity index is 2.44. The molecule has 1 fully saturated rings. The minimum Gasteiger partial charge on any atom is -0.313 e. The van der Waals surface area contributed by atoms with Gasteiger partial charge in [0, 0.05) is 9.97 Å². The largest absolute Gasteiger partial charge is 0.313 e. The zero-order valence-corrected chi connectivity index (χ0v) is 7.47. The first kappa shape index (κ1) is 6.81. The van der Waals surface area contributed by atoms with Gasteiger partial charge in [0.15, 0.2) is 0 Å². The standard InChI is InChI=1S/C6H12IN/c1-4-3-8-5(2)6(4)7/h4-6,8H,3H2,1-2H3/t4-,5+,6-/m0/s1. The van der Waals surface area contributed by atoms with Crippen LogP contribution in [0.25, 0.3) is 0 Å². The predicted molar refractivity (Wildman–Crippen MR) is 44.4 cm³/mol. The number of nitrogens with one attached hydrogen (secondary N) is 1. The summed E-state index contributed by atoms with van der Waals surface area (Å²) in [6.07, 6.45) is 0. The van der Waals surface area contributed by atoms with Gasteiger partial charge in [-0.1, -0.05) is 29.5 Å². The molecule has 0 aromatic carbocycles. The second-order valence-electron chi connectivity index (χ2n) is 2.62. The van der Waals surface area contributed by atoms with E-state index in [4.69, 9.17) is 0 Å². The topological polar surface area (TPSA) is 12.0 Å². The summed E-state index contributed by atoms with van der Waals surface area (Å²) >= 11 is 2.52. The zero-order chi connectivity index (χ0) is 6.15. The predicted octanol–water partition coefficient (Wildman–Crippen LogP) is 1.42. The van der Waals surface area contributed by atoms with E-state index in [2.05, 4.69) is 41.8 Å². The summed E-state index contributed by atoms with van der Waals surface area (Å²) in [6.45, 7) is 5.75. The van der Waals surface area contributed by atoms with Crippen molar-refractivity contribution in [1.29, 1.82) is 0 Å². The molecule has 0 bridgehead atoms. The lowest BCUT2D eigenvalue weighted by Crippen LogP contribution is -2.22. The average Bonchev–Trinajstić information content (AvgIpc) is 1.98. The van der Waals surface area contributed by atoms with Crippen LogP contribution >= 0.6 is 22.6 Å². The first-order valence-corrected chi connectivity index (χ1v) is 4.34. The van der Waals surface area contributed by atoms with Crippen molar-refractivity contribution in [3.8, 4) is 0 Å². The maximum atomic E-state index is 3.41. The molecule has 0 spiro atoms. The summed E-state index contributed by atoms with van der Waals surface area (Å²) < 4.78 is 0.840. The molecule has 1 rings (SSSR count). The van der Waals surface area contributed by atoms with Gasteiger partial charge in [-0.3, -0.25) is 0 Å². The molecule has 3 atom stereocenters. The number of hydrogen-bond acceptors (Lipinski definition) is 1. The molecule has 1 N–H and O–H groups in total. The van der Waals surface area contributed by atoms with Gasteiger partial charge < -0.3 is 5.32 Å². The highest BCUT2D eigenvalue weighted by molar-refractivity contribution is 14.1. The Hall–Kier alpha value is 0.690. The van der Waals surface area contributed by atoms with Crippen molar-refractivity contribution >= 4 is 22.6 Å². The van der Waals surface area contributed by atoms with Crippen LogP contribution in [0.4, 0.5) is 0 Å². The normalized spacial score (nSPS) is 47.6. The van der Waals surface area contributed by atoms with Gasteiger partial charge in [0.05, 0.1) is 0 Å². The second kappa shape index (κ2) is 2.52. The van der Waals surface area contributed by atoms with E-state index in [0.29, 0.717) is 0 Å². The first-order valence-electron chi connectivity index (χ1n) is 3.09. The van der Waals surface area contributed by atoms with Gasteiger partial charge in [0.2, 0.25) is 0 Å². The molecule has 0 aromatic heterocycles. The summed E-state index contributed by atoms with van der Waals surface area (Å²) in [5.41, 5.74) is 0. The molecule has 1 aliphatic heterocycles. The maximum Gasteiger partial charge on any atom is 0.0298 e. The maximum absolute atomic E-state index is 3.41. The molecule has 0 radical (unpaired) electrons. The molecule has 1 aliphatic rings. The molecule has 1 saturated heterocycles. The van der Waals surface area contributed by atoms with Crippen LogP contribution in [-0.2, 0) is 0 Å². The van der Waals surface area contributed by atoms with Gasteiger partial charge in [0.1, 0.15) is 0 Å². The lowest BCUT2D eigenvalue weighted by molar-refractivity contribution is 0.663. The van der Waals surface area contributed by atoms with Gasteiger partial charge in [-0.25, -0.2) is 0 Å². The molecular formula is C6H12IN. The van der Waals surface area contributed by atoms with E-state index in [1.807, 2.05) is 0 Å². The van der Waals surface area contributed by atoms with E-state index < -0.39 is 0 Å². The molecule has 8 heavy (non-hydrogen) atoms. The molecule has 0 amide bonds. The Morgan fingerprint density at radius 1 is 1.50 bits per heavy atom. The smallest absolute Gasteiger partial charge is 0.0298 e. The van der Waals surface area contributed by atoms with Crippen LogP contribution in [0.5, 0.6) is 0 Å². The third-order valence-corrected chi connectivity index (χ3v) is 4.09. The summed E-state index contributed by atoms with van der Waals surface area (Å²) in [5.74, 6) is 0.866. The Kier molecular flexibility index (Phi) is 2.14. The highest BCUT2D eigenvalue weighted by Crippen LogP contribution is 2.21. The van der Waals surface area contributed by atoms with E-state index >= 15 is 0 Å². The molecule has 1 heterocycles. The Morgan fingerprint density at radius 3 is 2.25 bits per heavy atom. The van der Waals surface area contributed by atoms with Crippen LogP contribution < -0.4 is 5.32 Å². The highest BCUT2D eigenvalue weighted by Gasteiger charge is 2.26. The minimum absolute atomic E-state index is 0.727. The van der Waals surface area contributed by atoms with Crippen LogP contribution in [-0.4, -0.2) is 16.5 Å². The summed E-state index contributed by atoms with van der Waals surface area (Å²) in [4.78, 5) is 0. The molecule has 0 unspecified atom stereocenters. The second-order valence-corrected chi connectivity index (χ2v) is 4.06. The van der Waals surface area contributed by atoms with Crippen LogP contribution in [0.15, 0.2) is 0 Å². The summed E-state index contributed by atoms with van der Waals surface area (Å²) in [5, 5.41) is 3.41. The van der Waals surface area contributed by atoms with Gasteiger partial charge in [-0.15, -0.1) is 0 Å². The van der Waals surface area contributed by atoms with Crippen molar-refractivity contribution in [2.75, 3.05) is 6.54 Å². The minimum atomic E-state index is 0.727. The molecule has 1 nitrogen and oxygen atoms in total. The monoisotopic (exact) mass is 225 g/mol. The Labute approximate surface area is 64.4 Å². The molecule has 48 valence electrons. The van der Waals surface area contributed by atoms with Crippen molar-refractivity contribution in [3.63, 3.8) is 0 Å². The fourth-order valence-electron chi connectivity index (χ4n) is 1.09. The van der Waals surface area contributed by atoms with Gasteiger partial charge in [0.25, 0.3) is 0 Å². The van der Waals surface area contributed by atoms with E-state index in [1.165, 1.54) is 6.54 Å². The summed E-state index contributed by atoms with van der Waals surface area (Å²) in [7, 11) is 0. The molecule has 0 aromatic rings. The van der Waals surface area contributed by atoms with E-state index in [-0.39, 0.29) is 0 Å². The quantitative estimate of drug-likeness (QED) is 0.485. The van der Waals surface area contributed by atoms with Gasteiger partial charge in [-0.05, 0) is 19.4 Å². The third-order valence-electron chi connectivity index (χ3n) is 1.78. The zero-order valence-electron chi connectivity index (χ0n) is 5.32. The Bertz CT molecular complexity index is 74.6.